The molecule has 2 aliphatic rings. The molecule has 4 heterocycles. The van der Waals surface area contributed by atoms with Gasteiger partial charge in [-0.05, 0) is 55.2 Å². The quantitative estimate of drug-likeness (QED) is 0.317. The van der Waals surface area contributed by atoms with Gasteiger partial charge < -0.3 is 24.6 Å². The van der Waals surface area contributed by atoms with Crippen molar-refractivity contribution in [3.63, 3.8) is 0 Å². The summed E-state index contributed by atoms with van der Waals surface area (Å²) in [5, 5.41) is 20.6. The van der Waals surface area contributed by atoms with E-state index < -0.39 is 23.8 Å². The van der Waals surface area contributed by atoms with Crippen LogP contribution in [0, 0.1) is 5.92 Å². The Labute approximate surface area is 246 Å². The fraction of sp³-hybridized carbons (Fsp3) is 0.438. The van der Waals surface area contributed by atoms with Gasteiger partial charge in [0, 0.05) is 48.6 Å². The number of aromatic nitrogens is 2. The molecule has 1 saturated heterocycles. The van der Waals surface area contributed by atoms with E-state index in [-0.39, 0.29) is 25.9 Å². The van der Waals surface area contributed by atoms with E-state index in [1.54, 1.807) is 6.20 Å². The molecular formula is C32H39N4O6+. The van der Waals surface area contributed by atoms with E-state index in [0.29, 0.717) is 43.0 Å². The molecule has 2 aliphatic heterocycles. The number of rotatable bonds is 12. The SMILES string of the molecule is CCCCN(C(=O)CN1C[C@H](c2cc(CO)c3c(c2)OCO3)[C@@H](C(=O)O)[C@@H]1CCc1ccccn1)c1ccc[n+](C)c1. The van der Waals surface area contributed by atoms with Crippen molar-refractivity contribution in [1.29, 1.82) is 0 Å². The van der Waals surface area contributed by atoms with Crippen molar-refractivity contribution >= 4 is 17.6 Å². The van der Waals surface area contributed by atoms with Crippen LogP contribution in [0.2, 0.25) is 0 Å². The van der Waals surface area contributed by atoms with Crippen LogP contribution in [0.1, 0.15) is 48.9 Å². The Morgan fingerprint density at radius 2 is 2.05 bits per heavy atom. The van der Waals surface area contributed by atoms with Crippen LogP contribution in [0.15, 0.2) is 61.1 Å². The number of carbonyl (C=O) groups excluding carboxylic acids is 1. The lowest BCUT2D eigenvalue weighted by Gasteiger charge is -2.29. The van der Waals surface area contributed by atoms with Gasteiger partial charge in [0.15, 0.2) is 23.9 Å². The molecular weight excluding hydrogens is 536 g/mol. The number of aryl methyl sites for hydroxylation is 2. The molecule has 0 radical (unpaired) electrons. The topological polar surface area (TPSA) is 116 Å². The van der Waals surface area contributed by atoms with Crippen LogP contribution in [0.25, 0.3) is 0 Å². The van der Waals surface area contributed by atoms with E-state index in [9.17, 15) is 19.8 Å². The number of carboxylic acid groups (broad SMARTS) is 1. The zero-order valence-corrected chi connectivity index (χ0v) is 24.2. The van der Waals surface area contributed by atoms with Crippen LogP contribution in [0.5, 0.6) is 11.5 Å². The van der Waals surface area contributed by atoms with E-state index in [0.717, 1.165) is 29.8 Å². The lowest BCUT2D eigenvalue weighted by Crippen LogP contribution is -2.45. The summed E-state index contributed by atoms with van der Waals surface area (Å²) in [6.45, 7) is 2.94. The molecule has 10 heteroatoms. The summed E-state index contributed by atoms with van der Waals surface area (Å²) in [7, 11) is 1.92. The van der Waals surface area contributed by atoms with Crippen molar-refractivity contribution in [3.8, 4) is 11.5 Å². The van der Waals surface area contributed by atoms with Crippen molar-refractivity contribution in [2.75, 3.05) is 31.3 Å². The molecule has 3 atom stereocenters. The van der Waals surface area contributed by atoms with E-state index >= 15 is 0 Å². The Kier molecular flexibility index (Phi) is 9.34. The smallest absolute Gasteiger partial charge is 0.308 e. The summed E-state index contributed by atoms with van der Waals surface area (Å²) < 4.78 is 13.1. The second kappa shape index (κ2) is 13.3. The third-order valence-electron chi connectivity index (χ3n) is 8.24. The number of hydrogen-bond donors (Lipinski definition) is 2. The van der Waals surface area contributed by atoms with Gasteiger partial charge >= 0.3 is 5.97 Å². The second-order valence-electron chi connectivity index (χ2n) is 11.0. The first-order valence-corrected chi connectivity index (χ1v) is 14.5. The fourth-order valence-electron chi connectivity index (χ4n) is 6.17. The van der Waals surface area contributed by atoms with Gasteiger partial charge in [-0.15, -0.1) is 0 Å². The zero-order chi connectivity index (χ0) is 29.6. The third kappa shape index (κ3) is 6.39. The van der Waals surface area contributed by atoms with E-state index in [1.807, 2.05) is 76.3 Å². The third-order valence-corrected chi connectivity index (χ3v) is 8.24. The summed E-state index contributed by atoms with van der Waals surface area (Å²) in [5.74, 6) is -1.17. The molecule has 0 unspecified atom stereocenters. The number of carbonyl (C=O) groups is 2. The lowest BCUT2D eigenvalue weighted by molar-refractivity contribution is -0.670. The number of aliphatic hydroxyl groups excluding tert-OH is 1. The van der Waals surface area contributed by atoms with Crippen molar-refractivity contribution in [3.05, 3.63) is 77.9 Å². The average Bonchev–Trinajstić information content (AvgIpc) is 3.61. The summed E-state index contributed by atoms with van der Waals surface area (Å²) in [6.07, 6.45) is 8.51. The number of benzene rings is 1. The number of ether oxygens (including phenoxy) is 2. The maximum atomic E-state index is 14.0. The van der Waals surface area contributed by atoms with Crippen LogP contribution < -0.4 is 18.9 Å². The largest absolute Gasteiger partial charge is 0.481 e. The Bertz CT molecular complexity index is 1400. The number of carboxylic acids is 1. The minimum Gasteiger partial charge on any atom is -0.481 e. The molecule has 0 spiro atoms. The maximum Gasteiger partial charge on any atom is 0.308 e. The van der Waals surface area contributed by atoms with Crippen LogP contribution in [0.3, 0.4) is 0 Å². The van der Waals surface area contributed by atoms with Gasteiger partial charge in [0.1, 0.15) is 12.7 Å². The number of unbranched alkanes of at least 4 members (excludes halogenated alkanes) is 1. The molecule has 0 bridgehead atoms. The highest BCUT2D eigenvalue weighted by molar-refractivity contribution is 5.94. The van der Waals surface area contributed by atoms with Crippen LogP contribution >= 0.6 is 0 Å². The van der Waals surface area contributed by atoms with Crippen molar-refractivity contribution in [2.24, 2.45) is 13.0 Å². The molecule has 3 aromatic rings. The number of anilines is 1. The predicted molar refractivity (Wildman–Crippen MR) is 155 cm³/mol. The van der Waals surface area contributed by atoms with Crippen LogP contribution in [-0.2, 0) is 29.7 Å². The van der Waals surface area contributed by atoms with Crippen molar-refractivity contribution in [1.82, 2.24) is 9.88 Å². The standard InChI is InChI=1S/C32H38N4O6/c1-3-4-14-36(25-9-7-13-34(2)17-25)29(38)19-35-18-26(22-15-23(20-37)31-28(16-22)41-21-42-31)30(32(39)40)27(35)11-10-24-8-5-6-12-33-24/h5-9,12-13,15-17,26-27,30,37H,3-4,10-11,14,18-21H2,1-2H3/p+1/t26-,27+,30-/m1/s1. The average molecular weight is 576 g/mol. The molecule has 222 valence electrons. The highest BCUT2D eigenvalue weighted by atomic mass is 16.7. The number of fused-ring (bicyclic) bond motifs is 1. The first kappa shape index (κ1) is 29.5. The Morgan fingerprint density at radius 1 is 1.19 bits per heavy atom. The Morgan fingerprint density at radius 3 is 2.76 bits per heavy atom. The van der Waals surface area contributed by atoms with Gasteiger partial charge in [0.25, 0.3) is 0 Å². The number of likely N-dealkylation sites (tertiary alicyclic amines) is 1. The Balaban J connectivity index is 1.47. The molecule has 2 aromatic heterocycles. The van der Waals surface area contributed by atoms with Gasteiger partial charge in [-0.25, -0.2) is 4.57 Å². The van der Waals surface area contributed by atoms with E-state index in [1.165, 1.54) is 0 Å². The van der Waals surface area contributed by atoms with Crippen molar-refractivity contribution in [2.45, 2.75) is 51.2 Å². The number of nitrogens with zero attached hydrogens (tertiary/aromatic N) is 4. The normalized spacial score (nSPS) is 19.6. The fourth-order valence-corrected chi connectivity index (χ4v) is 6.17. The lowest BCUT2D eigenvalue weighted by atomic mass is 9.83. The molecule has 42 heavy (non-hydrogen) atoms. The summed E-state index contributed by atoms with van der Waals surface area (Å²) in [4.78, 5) is 35.2. The molecule has 0 saturated carbocycles. The summed E-state index contributed by atoms with van der Waals surface area (Å²) in [5.41, 5.74) is 3.01. The van der Waals surface area contributed by atoms with Gasteiger partial charge in [0.05, 0.1) is 19.1 Å². The maximum absolute atomic E-state index is 14.0. The van der Waals surface area contributed by atoms with E-state index in [2.05, 4.69) is 11.9 Å². The minimum atomic E-state index is -0.915. The van der Waals surface area contributed by atoms with Gasteiger partial charge in [-0.3, -0.25) is 19.5 Å². The number of aliphatic carboxylic acids is 1. The number of pyridine rings is 2. The van der Waals surface area contributed by atoms with Crippen LogP contribution in [-0.4, -0.2) is 64.4 Å². The number of aliphatic hydroxyl groups is 1. The minimum absolute atomic E-state index is 0.0526. The molecule has 0 aliphatic carbocycles. The van der Waals surface area contributed by atoms with Gasteiger partial charge in [-0.1, -0.05) is 19.4 Å². The number of hydrogen-bond acceptors (Lipinski definition) is 7. The molecule has 5 rings (SSSR count). The van der Waals surface area contributed by atoms with E-state index in [4.69, 9.17) is 9.47 Å². The predicted octanol–water partition coefficient (Wildman–Crippen LogP) is 3.06. The summed E-state index contributed by atoms with van der Waals surface area (Å²) >= 11 is 0. The summed E-state index contributed by atoms with van der Waals surface area (Å²) in [6, 6.07) is 12.8. The zero-order valence-electron chi connectivity index (χ0n) is 24.2. The second-order valence-corrected chi connectivity index (χ2v) is 11.0. The van der Waals surface area contributed by atoms with Gasteiger partial charge in [-0.2, -0.15) is 0 Å². The molecule has 2 N–H and O–H groups in total. The molecule has 1 amide bonds. The molecule has 1 fully saturated rings. The van der Waals surface area contributed by atoms with Gasteiger partial charge in [0.2, 0.25) is 12.7 Å². The highest BCUT2D eigenvalue weighted by Crippen LogP contribution is 2.44. The monoisotopic (exact) mass is 575 g/mol. The highest BCUT2D eigenvalue weighted by Gasteiger charge is 2.47. The Hall–Kier alpha value is -4.02. The van der Waals surface area contributed by atoms with Crippen LogP contribution in [0.4, 0.5) is 5.69 Å². The van der Waals surface area contributed by atoms with Crippen molar-refractivity contribution < 1.29 is 33.8 Å². The molecule has 1 aromatic carbocycles. The number of amides is 1. The molecule has 10 nitrogen and oxygen atoms in total. The first-order chi connectivity index (χ1) is 20.4. The first-order valence-electron chi connectivity index (χ1n) is 14.5.